The summed E-state index contributed by atoms with van der Waals surface area (Å²) in [7, 11) is 0. The van der Waals surface area contributed by atoms with Crippen molar-refractivity contribution in [2.75, 3.05) is 0 Å². The first-order chi connectivity index (χ1) is 5.07. The third-order valence-corrected chi connectivity index (χ3v) is 2.48. The zero-order valence-corrected chi connectivity index (χ0v) is 7.55. The average molecular weight is 152 g/mol. The number of carbonyl (C=O) groups excluding carboxylic acids is 1. The van der Waals surface area contributed by atoms with Crippen LogP contribution in [0.2, 0.25) is 0 Å². The van der Waals surface area contributed by atoms with Crippen LogP contribution in [-0.2, 0) is 4.79 Å². The lowest BCUT2D eigenvalue weighted by molar-refractivity contribution is -0.113. The third-order valence-electron chi connectivity index (χ3n) is 2.48. The molecule has 1 aliphatic rings. The molecule has 0 saturated heterocycles. The van der Waals surface area contributed by atoms with Gasteiger partial charge in [-0.05, 0) is 25.7 Å². The molecule has 0 N–H and O–H groups in total. The largest absolute Gasteiger partial charge is 0.302 e. The maximum atomic E-state index is 10.7. The fraction of sp³-hybridized carbons (Fsp3) is 0.700. The summed E-state index contributed by atoms with van der Waals surface area (Å²) in [5, 5.41) is 0. The van der Waals surface area contributed by atoms with Gasteiger partial charge in [0, 0.05) is 5.41 Å². The second-order valence-electron chi connectivity index (χ2n) is 4.00. The Kier molecular flexibility index (Phi) is 2.17. The molecule has 1 nitrogen and oxygen atoms in total. The van der Waals surface area contributed by atoms with Crippen LogP contribution in [0.25, 0.3) is 0 Å². The Morgan fingerprint density at radius 1 is 1.64 bits per heavy atom. The summed E-state index contributed by atoms with van der Waals surface area (Å²) in [5.41, 5.74) is 1.29. The van der Waals surface area contributed by atoms with Gasteiger partial charge in [0.2, 0.25) is 0 Å². The van der Waals surface area contributed by atoms with Crippen molar-refractivity contribution >= 4 is 6.29 Å². The van der Waals surface area contributed by atoms with E-state index in [1.165, 1.54) is 5.57 Å². The minimum absolute atomic E-state index is 0.153. The molecular formula is C10H16O. The van der Waals surface area contributed by atoms with Gasteiger partial charge in [-0.2, -0.15) is 0 Å². The molecule has 0 aliphatic heterocycles. The van der Waals surface area contributed by atoms with Crippen molar-refractivity contribution < 1.29 is 4.79 Å². The molecule has 1 rings (SSSR count). The Hall–Kier alpha value is -0.590. The topological polar surface area (TPSA) is 17.1 Å². The van der Waals surface area contributed by atoms with Crippen molar-refractivity contribution in [2.24, 2.45) is 11.3 Å². The maximum absolute atomic E-state index is 10.7. The maximum Gasteiger partial charge on any atom is 0.129 e. The minimum Gasteiger partial charge on any atom is -0.302 e. The van der Waals surface area contributed by atoms with E-state index in [1.54, 1.807) is 0 Å². The molecule has 0 fully saturated rings. The van der Waals surface area contributed by atoms with E-state index in [0.29, 0.717) is 5.92 Å². The van der Waals surface area contributed by atoms with Crippen LogP contribution in [0.4, 0.5) is 0 Å². The fourth-order valence-electron chi connectivity index (χ4n) is 1.53. The van der Waals surface area contributed by atoms with E-state index in [1.807, 2.05) is 6.92 Å². The molecule has 0 heterocycles. The Morgan fingerprint density at radius 3 is 2.55 bits per heavy atom. The van der Waals surface area contributed by atoms with Crippen molar-refractivity contribution in [3.63, 3.8) is 0 Å². The first-order valence-corrected chi connectivity index (χ1v) is 4.25. The van der Waals surface area contributed by atoms with Crippen molar-refractivity contribution in [2.45, 2.75) is 33.6 Å². The van der Waals surface area contributed by atoms with Crippen LogP contribution in [0.3, 0.4) is 0 Å². The number of carbonyl (C=O) groups is 1. The highest BCUT2D eigenvalue weighted by molar-refractivity contribution is 5.63. The minimum atomic E-state index is -0.153. The van der Waals surface area contributed by atoms with Gasteiger partial charge in [0.05, 0.1) is 0 Å². The van der Waals surface area contributed by atoms with Crippen LogP contribution in [0.15, 0.2) is 11.6 Å². The summed E-state index contributed by atoms with van der Waals surface area (Å²) < 4.78 is 0. The molecular weight excluding hydrogens is 136 g/mol. The molecule has 1 heteroatoms. The molecule has 1 aliphatic carbocycles. The molecule has 0 amide bonds. The molecule has 0 spiro atoms. The predicted molar refractivity (Wildman–Crippen MR) is 46.3 cm³/mol. The van der Waals surface area contributed by atoms with E-state index in [0.717, 1.165) is 19.1 Å². The van der Waals surface area contributed by atoms with Crippen molar-refractivity contribution in [3.05, 3.63) is 11.6 Å². The Morgan fingerprint density at radius 2 is 2.27 bits per heavy atom. The van der Waals surface area contributed by atoms with E-state index >= 15 is 0 Å². The molecule has 62 valence electrons. The van der Waals surface area contributed by atoms with Crippen molar-refractivity contribution in [3.8, 4) is 0 Å². The van der Waals surface area contributed by atoms with Gasteiger partial charge in [-0.15, -0.1) is 0 Å². The first-order valence-electron chi connectivity index (χ1n) is 4.25. The number of allylic oxidation sites excluding steroid dienone is 2. The van der Waals surface area contributed by atoms with Gasteiger partial charge in [-0.1, -0.05) is 25.5 Å². The number of aldehydes is 1. The fourth-order valence-corrected chi connectivity index (χ4v) is 1.53. The highest BCUT2D eigenvalue weighted by Gasteiger charge is 2.27. The van der Waals surface area contributed by atoms with E-state index in [4.69, 9.17) is 0 Å². The highest BCUT2D eigenvalue weighted by atomic mass is 16.1. The zero-order valence-electron chi connectivity index (χ0n) is 7.55. The van der Waals surface area contributed by atoms with Crippen LogP contribution in [-0.4, -0.2) is 6.29 Å². The van der Waals surface area contributed by atoms with Gasteiger partial charge in [0.1, 0.15) is 6.29 Å². The highest BCUT2D eigenvalue weighted by Crippen LogP contribution is 2.36. The third kappa shape index (κ3) is 1.70. The van der Waals surface area contributed by atoms with Crippen LogP contribution < -0.4 is 0 Å². The van der Waals surface area contributed by atoms with Crippen LogP contribution in [0.5, 0.6) is 0 Å². The average Bonchev–Trinajstić information content (AvgIpc) is 2.33. The monoisotopic (exact) mass is 152 g/mol. The summed E-state index contributed by atoms with van der Waals surface area (Å²) in [6.07, 6.45) is 5.32. The molecule has 0 aromatic rings. The van der Waals surface area contributed by atoms with Crippen molar-refractivity contribution in [1.82, 2.24) is 0 Å². The normalized spacial score (nSPS) is 30.7. The van der Waals surface area contributed by atoms with Gasteiger partial charge >= 0.3 is 0 Å². The predicted octanol–water partition coefficient (Wildman–Crippen LogP) is 2.57. The number of rotatable bonds is 2. The van der Waals surface area contributed by atoms with Gasteiger partial charge < -0.3 is 4.79 Å². The smallest absolute Gasteiger partial charge is 0.129 e. The first kappa shape index (κ1) is 8.51. The molecule has 0 aromatic heterocycles. The molecule has 1 atom stereocenters. The second-order valence-corrected chi connectivity index (χ2v) is 4.00. The summed E-state index contributed by atoms with van der Waals surface area (Å²) in [6.45, 7) is 6.38. The van der Waals surface area contributed by atoms with Crippen LogP contribution in [0.1, 0.15) is 33.6 Å². The number of hydrogen-bond acceptors (Lipinski definition) is 1. The SMILES string of the molecule is CC(C)C1=CC(C)(C=O)CC1. The summed E-state index contributed by atoms with van der Waals surface area (Å²) in [6, 6.07) is 0. The van der Waals surface area contributed by atoms with E-state index in [9.17, 15) is 4.79 Å². The van der Waals surface area contributed by atoms with Gasteiger partial charge in [0.25, 0.3) is 0 Å². The Balaban J connectivity index is 2.75. The Bertz CT molecular complexity index is 191. The lowest BCUT2D eigenvalue weighted by Crippen LogP contribution is -2.09. The quantitative estimate of drug-likeness (QED) is 0.439. The van der Waals surface area contributed by atoms with Crippen molar-refractivity contribution in [1.29, 1.82) is 0 Å². The zero-order chi connectivity index (χ0) is 8.48. The molecule has 0 aromatic carbocycles. The number of hydrogen-bond donors (Lipinski definition) is 0. The molecule has 0 bridgehead atoms. The van der Waals surface area contributed by atoms with Gasteiger partial charge in [-0.3, -0.25) is 0 Å². The van der Waals surface area contributed by atoms with Gasteiger partial charge in [0.15, 0.2) is 0 Å². The van der Waals surface area contributed by atoms with E-state index in [-0.39, 0.29) is 5.41 Å². The lowest BCUT2D eigenvalue weighted by atomic mass is 9.93. The Labute approximate surface area is 68.5 Å². The molecule has 11 heavy (non-hydrogen) atoms. The summed E-state index contributed by atoms with van der Waals surface area (Å²) in [4.78, 5) is 10.7. The van der Waals surface area contributed by atoms with Crippen LogP contribution >= 0.6 is 0 Å². The van der Waals surface area contributed by atoms with Gasteiger partial charge in [-0.25, -0.2) is 0 Å². The summed E-state index contributed by atoms with van der Waals surface area (Å²) in [5.74, 6) is 0.608. The standard InChI is InChI=1S/C10H16O/c1-8(2)9-4-5-10(3,6-9)7-11/h6-8H,4-5H2,1-3H3. The second kappa shape index (κ2) is 2.80. The molecule has 0 radical (unpaired) electrons. The van der Waals surface area contributed by atoms with E-state index in [2.05, 4.69) is 19.9 Å². The van der Waals surface area contributed by atoms with E-state index < -0.39 is 0 Å². The molecule has 1 unspecified atom stereocenters. The lowest BCUT2D eigenvalue weighted by Gasteiger charge is -2.09. The van der Waals surface area contributed by atoms with Crippen LogP contribution in [0, 0.1) is 11.3 Å². The molecule has 0 saturated carbocycles. The summed E-state index contributed by atoms with van der Waals surface area (Å²) >= 11 is 0.